The average Bonchev–Trinajstić information content (AvgIpc) is 2.50. The molecule has 1 N–H and O–H groups in total. The maximum Gasteiger partial charge on any atom is 0.0471 e. The Bertz CT molecular complexity index is 405. The molecule has 0 saturated carbocycles. The van der Waals surface area contributed by atoms with Gasteiger partial charge in [-0.3, -0.25) is 0 Å². The van der Waals surface area contributed by atoms with Gasteiger partial charge in [-0.25, -0.2) is 0 Å². The minimum atomic E-state index is 0.813. The molecule has 1 rings (SSSR count). The van der Waals surface area contributed by atoms with E-state index in [1.54, 1.807) is 0 Å². The summed E-state index contributed by atoms with van der Waals surface area (Å²) < 4.78 is 0. The number of anilines is 1. The van der Waals surface area contributed by atoms with E-state index in [-0.39, 0.29) is 0 Å². The summed E-state index contributed by atoms with van der Waals surface area (Å²) in [5, 5.41) is 3.99. The van der Waals surface area contributed by atoms with E-state index in [1.165, 1.54) is 12.1 Å². The fraction of sp³-hybridized carbons (Fsp3) is 0.647. The topological polar surface area (TPSA) is 18.5 Å². The van der Waals surface area contributed by atoms with E-state index >= 15 is 0 Å². The van der Waals surface area contributed by atoms with Crippen molar-refractivity contribution < 1.29 is 0 Å². The van der Waals surface area contributed by atoms with Gasteiger partial charge in [0.15, 0.2) is 0 Å². The van der Waals surface area contributed by atoms with Crippen LogP contribution < -0.4 is 10.2 Å². The van der Waals surface area contributed by atoms with Crippen LogP contribution in [-0.4, -0.2) is 44.7 Å². The third kappa shape index (κ3) is 5.85. The fourth-order valence-corrected chi connectivity index (χ4v) is 2.80. The maximum atomic E-state index is 6.36. The molecule has 0 aliphatic heterocycles. The van der Waals surface area contributed by atoms with E-state index < -0.39 is 0 Å². The van der Waals surface area contributed by atoms with E-state index in [0.29, 0.717) is 0 Å². The number of hydrogen-bond acceptors (Lipinski definition) is 3. The van der Waals surface area contributed by atoms with Crippen molar-refractivity contribution in [2.75, 3.05) is 44.7 Å². The van der Waals surface area contributed by atoms with Gasteiger partial charge in [0.25, 0.3) is 0 Å². The second-order valence-electron chi connectivity index (χ2n) is 5.27. The van der Waals surface area contributed by atoms with E-state index in [4.69, 9.17) is 11.6 Å². The zero-order chi connectivity index (χ0) is 15.7. The molecule has 0 fully saturated rings. The molecule has 0 aromatic heterocycles. The van der Waals surface area contributed by atoms with Gasteiger partial charge in [0.1, 0.15) is 0 Å². The van der Waals surface area contributed by atoms with Crippen molar-refractivity contribution in [2.45, 2.75) is 33.7 Å². The van der Waals surface area contributed by atoms with Crippen LogP contribution in [0.4, 0.5) is 5.69 Å². The summed E-state index contributed by atoms with van der Waals surface area (Å²) in [5.74, 6) is 0. The first kappa shape index (κ1) is 18.3. The molecular formula is C17H30ClN3. The lowest BCUT2D eigenvalue weighted by Crippen LogP contribution is -2.30. The highest BCUT2D eigenvalue weighted by Gasteiger charge is 2.08. The van der Waals surface area contributed by atoms with Crippen molar-refractivity contribution in [3.8, 4) is 0 Å². The molecule has 0 radical (unpaired) electrons. The van der Waals surface area contributed by atoms with Gasteiger partial charge in [-0.2, -0.15) is 0 Å². The Hall–Kier alpha value is -0.770. The van der Waals surface area contributed by atoms with Gasteiger partial charge in [0.05, 0.1) is 0 Å². The Morgan fingerprint density at radius 2 is 1.76 bits per heavy atom. The molecule has 0 bridgehead atoms. The lowest BCUT2D eigenvalue weighted by atomic mass is 10.2. The van der Waals surface area contributed by atoms with Crippen molar-refractivity contribution in [1.82, 2.24) is 10.2 Å². The molecule has 0 heterocycles. The van der Waals surface area contributed by atoms with Gasteiger partial charge < -0.3 is 15.1 Å². The number of rotatable bonds is 10. The van der Waals surface area contributed by atoms with Crippen molar-refractivity contribution >= 4 is 17.3 Å². The number of hydrogen-bond donors (Lipinski definition) is 1. The molecule has 21 heavy (non-hydrogen) atoms. The summed E-state index contributed by atoms with van der Waals surface area (Å²) >= 11 is 6.36. The van der Waals surface area contributed by atoms with E-state index in [1.807, 2.05) is 7.05 Å². The minimum absolute atomic E-state index is 0.813. The Morgan fingerprint density at radius 3 is 2.29 bits per heavy atom. The van der Waals surface area contributed by atoms with Crippen molar-refractivity contribution in [2.24, 2.45) is 0 Å². The van der Waals surface area contributed by atoms with E-state index in [0.717, 1.165) is 49.9 Å². The highest BCUT2D eigenvalue weighted by Crippen LogP contribution is 2.24. The van der Waals surface area contributed by atoms with Gasteiger partial charge in [0, 0.05) is 30.3 Å². The average molecular weight is 312 g/mol. The van der Waals surface area contributed by atoms with E-state index in [2.05, 4.69) is 54.1 Å². The Labute approximate surface area is 135 Å². The third-order valence-electron chi connectivity index (χ3n) is 3.95. The monoisotopic (exact) mass is 311 g/mol. The van der Waals surface area contributed by atoms with Crippen molar-refractivity contribution in [3.05, 3.63) is 28.8 Å². The summed E-state index contributed by atoms with van der Waals surface area (Å²) in [5.41, 5.74) is 2.38. The molecule has 4 heteroatoms. The first-order valence-electron chi connectivity index (χ1n) is 8.06. The molecule has 0 saturated heterocycles. The molecule has 0 unspecified atom stereocenters. The second-order valence-corrected chi connectivity index (χ2v) is 5.67. The summed E-state index contributed by atoms with van der Waals surface area (Å²) in [6.07, 6.45) is 1.19. The Balaban J connectivity index is 2.61. The SMILES string of the molecule is CCN(CC)CCCN(CC)c1ccc(CNC)c(Cl)c1. The molecule has 1 aromatic rings. The number of benzene rings is 1. The van der Waals surface area contributed by atoms with Crippen LogP contribution in [-0.2, 0) is 6.54 Å². The second kappa shape index (κ2) is 10.0. The molecule has 3 nitrogen and oxygen atoms in total. The molecule has 0 aliphatic rings. The molecule has 0 amide bonds. The zero-order valence-corrected chi connectivity index (χ0v) is 14.7. The molecule has 0 aliphatic carbocycles. The molecular weight excluding hydrogens is 282 g/mol. The van der Waals surface area contributed by atoms with Crippen molar-refractivity contribution in [1.29, 1.82) is 0 Å². The lowest BCUT2D eigenvalue weighted by molar-refractivity contribution is 0.301. The summed E-state index contributed by atoms with van der Waals surface area (Å²) in [7, 11) is 1.94. The van der Waals surface area contributed by atoms with Crippen LogP contribution in [0.3, 0.4) is 0 Å². The van der Waals surface area contributed by atoms with Crippen LogP contribution in [0, 0.1) is 0 Å². The number of nitrogens with zero attached hydrogens (tertiary/aromatic N) is 2. The predicted octanol–water partition coefficient (Wildman–Crippen LogP) is 3.62. The van der Waals surface area contributed by atoms with Gasteiger partial charge in [0.2, 0.25) is 0 Å². The smallest absolute Gasteiger partial charge is 0.0471 e. The number of halogens is 1. The number of nitrogens with one attached hydrogen (secondary N) is 1. The van der Waals surface area contributed by atoms with Gasteiger partial charge >= 0.3 is 0 Å². The molecule has 0 spiro atoms. The van der Waals surface area contributed by atoms with E-state index in [9.17, 15) is 0 Å². The Morgan fingerprint density at radius 1 is 1.05 bits per heavy atom. The van der Waals surface area contributed by atoms with Crippen LogP contribution in [0.5, 0.6) is 0 Å². The highest BCUT2D eigenvalue weighted by atomic mass is 35.5. The largest absolute Gasteiger partial charge is 0.372 e. The van der Waals surface area contributed by atoms with Crippen LogP contribution in [0.25, 0.3) is 0 Å². The van der Waals surface area contributed by atoms with Crippen LogP contribution in [0.15, 0.2) is 18.2 Å². The molecule has 0 atom stereocenters. The van der Waals surface area contributed by atoms with Gasteiger partial charge in [-0.15, -0.1) is 0 Å². The predicted molar refractivity (Wildman–Crippen MR) is 94.5 cm³/mol. The molecule has 120 valence electrons. The third-order valence-corrected chi connectivity index (χ3v) is 4.30. The van der Waals surface area contributed by atoms with Crippen LogP contribution in [0.2, 0.25) is 5.02 Å². The van der Waals surface area contributed by atoms with Gasteiger partial charge in [-0.05, 0) is 57.7 Å². The first-order valence-corrected chi connectivity index (χ1v) is 8.44. The Kier molecular flexibility index (Phi) is 8.74. The van der Waals surface area contributed by atoms with Crippen molar-refractivity contribution in [3.63, 3.8) is 0 Å². The first-order chi connectivity index (χ1) is 10.2. The summed E-state index contributed by atoms with van der Waals surface area (Å²) in [6, 6.07) is 6.40. The quantitative estimate of drug-likeness (QED) is 0.712. The molecule has 1 aromatic carbocycles. The highest BCUT2D eigenvalue weighted by molar-refractivity contribution is 6.31. The summed E-state index contributed by atoms with van der Waals surface area (Å²) in [6.45, 7) is 13.0. The normalized spacial score (nSPS) is 11.1. The maximum absolute atomic E-state index is 6.36. The van der Waals surface area contributed by atoms with Gasteiger partial charge in [-0.1, -0.05) is 31.5 Å². The van der Waals surface area contributed by atoms with Crippen LogP contribution in [0.1, 0.15) is 32.8 Å². The van der Waals surface area contributed by atoms with Crippen LogP contribution >= 0.6 is 11.6 Å². The zero-order valence-electron chi connectivity index (χ0n) is 14.0. The minimum Gasteiger partial charge on any atom is -0.372 e. The fourth-order valence-electron chi connectivity index (χ4n) is 2.56. The summed E-state index contributed by atoms with van der Waals surface area (Å²) in [4.78, 5) is 4.87. The lowest BCUT2D eigenvalue weighted by Gasteiger charge is -2.26. The standard InChI is InChI=1S/C17H30ClN3/c1-5-20(6-2)11-8-12-21(7-3)16-10-9-15(14-19-4)17(18)13-16/h9-10,13,19H,5-8,11-12,14H2,1-4H3.